The molecule has 1 fully saturated rings. The van der Waals surface area contributed by atoms with Gasteiger partial charge in [-0.1, -0.05) is 27.7 Å². The lowest BCUT2D eigenvalue weighted by Gasteiger charge is -2.13. The summed E-state index contributed by atoms with van der Waals surface area (Å²) in [6.07, 6.45) is 0. The van der Waals surface area contributed by atoms with Crippen LogP contribution in [0.3, 0.4) is 0 Å². The second kappa shape index (κ2) is 7.41. The quantitative estimate of drug-likeness (QED) is 0.759. The Labute approximate surface area is 138 Å². The number of imide groups is 1. The van der Waals surface area contributed by atoms with Crippen molar-refractivity contribution in [3.8, 4) is 0 Å². The largest absolute Gasteiger partial charge is 0.346 e. The third kappa shape index (κ3) is 4.31. The molecule has 22 heavy (non-hydrogen) atoms. The lowest BCUT2D eigenvalue weighted by atomic mass is 10.3. The normalized spacial score (nSPS) is 14.1. The molecule has 9 heteroatoms. The molecule has 1 aromatic carbocycles. The van der Waals surface area contributed by atoms with Crippen LogP contribution in [-0.2, 0) is 14.4 Å². The van der Waals surface area contributed by atoms with Gasteiger partial charge >= 0.3 is 11.8 Å². The van der Waals surface area contributed by atoms with E-state index in [2.05, 4.69) is 26.6 Å². The van der Waals surface area contributed by atoms with Crippen LogP contribution in [-0.4, -0.2) is 46.7 Å². The molecular formula is C13H12BrN3O4S. The van der Waals surface area contributed by atoms with E-state index in [-0.39, 0.29) is 30.0 Å². The van der Waals surface area contributed by atoms with Crippen molar-refractivity contribution < 1.29 is 19.2 Å². The Hall–Kier alpha value is -1.87. The Morgan fingerprint density at radius 1 is 1.18 bits per heavy atom. The number of carbonyl (C=O) groups excluding carboxylic acids is 4. The number of halogens is 1. The van der Waals surface area contributed by atoms with Crippen molar-refractivity contribution in [2.75, 3.05) is 24.2 Å². The molecule has 0 bridgehead atoms. The van der Waals surface area contributed by atoms with Gasteiger partial charge in [0.25, 0.3) is 5.24 Å². The van der Waals surface area contributed by atoms with E-state index in [0.29, 0.717) is 5.69 Å². The predicted molar refractivity (Wildman–Crippen MR) is 85.3 cm³/mol. The van der Waals surface area contributed by atoms with E-state index in [1.807, 2.05) is 0 Å². The second-order valence-corrected chi connectivity index (χ2v) is 6.16. The summed E-state index contributed by atoms with van der Waals surface area (Å²) in [7, 11) is 0. The summed E-state index contributed by atoms with van der Waals surface area (Å²) < 4.78 is 0.854. The first-order valence-corrected chi connectivity index (χ1v) is 8.07. The molecule has 7 nitrogen and oxygen atoms in total. The van der Waals surface area contributed by atoms with Gasteiger partial charge in [0, 0.05) is 23.2 Å². The molecule has 0 aliphatic carbocycles. The number of benzene rings is 1. The SMILES string of the molecule is O=C(NCCN1C(=O)CSC1=O)C(=O)Nc1ccc(Br)cc1. The molecule has 1 aromatic rings. The Morgan fingerprint density at radius 3 is 2.45 bits per heavy atom. The Kier molecular flexibility index (Phi) is 5.56. The molecule has 0 radical (unpaired) electrons. The smallest absolute Gasteiger partial charge is 0.313 e. The zero-order valence-electron chi connectivity index (χ0n) is 11.3. The van der Waals surface area contributed by atoms with Crippen LogP contribution in [0.15, 0.2) is 28.7 Å². The van der Waals surface area contributed by atoms with E-state index in [4.69, 9.17) is 0 Å². The Balaban J connectivity index is 1.77. The molecule has 1 saturated heterocycles. The molecule has 2 N–H and O–H groups in total. The third-order valence-corrected chi connectivity index (χ3v) is 4.16. The standard InChI is InChI=1S/C13H12BrN3O4S/c14-8-1-3-9(4-2-8)16-12(20)11(19)15-5-6-17-10(18)7-22-13(17)21/h1-4H,5-7H2,(H,15,19)(H,16,20). The van der Waals surface area contributed by atoms with Crippen LogP contribution < -0.4 is 10.6 Å². The van der Waals surface area contributed by atoms with Crippen molar-refractivity contribution in [2.24, 2.45) is 0 Å². The van der Waals surface area contributed by atoms with Crippen LogP contribution in [0.5, 0.6) is 0 Å². The fourth-order valence-electron chi connectivity index (χ4n) is 1.68. The van der Waals surface area contributed by atoms with Gasteiger partial charge in [0.1, 0.15) is 0 Å². The highest BCUT2D eigenvalue weighted by atomic mass is 79.9. The van der Waals surface area contributed by atoms with E-state index in [1.165, 1.54) is 0 Å². The minimum absolute atomic E-state index is 0.0324. The summed E-state index contributed by atoms with van der Waals surface area (Å²) in [5.41, 5.74) is 0.490. The van der Waals surface area contributed by atoms with E-state index in [1.54, 1.807) is 24.3 Å². The predicted octanol–water partition coefficient (Wildman–Crippen LogP) is 1.20. The van der Waals surface area contributed by atoms with Gasteiger partial charge in [0.15, 0.2) is 0 Å². The van der Waals surface area contributed by atoms with Gasteiger partial charge < -0.3 is 10.6 Å². The van der Waals surface area contributed by atoms with Crippen LogP contribution in [0.4, 0.5) is 10.5 Å². The van der Waals surface area contributed by atoms with Gasteiger partial charge in [0.2, 0.25) is 5.91 Å². The first-order chi connectivity index (χ1) is 10.5. The van der Waals surface area contributed by atoms with Crippen LogP contribution in [0.2, 0.25) is 0 Å². The molecule has 0 unspecified atom stereocenters. The maximum Gasteiger partial charge on any atom is 0.313 e. The fourth-order valence-corrected chi connectivity index (χ4v) is 2.70. The summed E-state index contributed by atoms with van der Waals surface area (Å²) in [5, 5.41) is 4.47. The van der Waals surface area contributed by atoms with Crippen LogP contribution in [0.25, 0.3) is 0 Å². The van der Waals surface area contributed by atoms with Crippen LogP contribution in [0, 0.1) is 0 Å². The van der Waals surface area contributed by atoms with E-state index >= 15 is 0 Å². The van der Waals surface area contributed by atoms with Gasteiger partial charge in [-0.25, -0.2) is 0 Å². The highest BCUT2D eigenvalue weighted by Crippen LogP contribution is 2.17. The zero-order chi connectivity index (χ0) is 16.1. The van der Waals surface area contributed by atoms with Crippen molar-refractivity contribution in [1.29, 1.82) is 0 Å². The number of anilines is 1. The van der Waals surface area contributed by atoms with Gasteiger partial charge in [-0.3, -0.25) is 24.1 Å². The van der Waals surface area contributed by atoms with Crippen LogP contribution >= 0.6 is 27.7 Å². The van der Waals surface area contributed by atoms with Crippen molar-refractivity contribution in [3.63, 3.8) is 0 Å². The van der Waals surface area contributed by atoms with E-state index in [9.17, 15) is 19.2 Å². The highest BCUT2D eigenvalue weighted by molar-refractivity contribution is 9.10. The average Bonchev–Trinajstić information content (AvgIpc) is 2.81. The van der Waals surface area contributed by atoms with E-state index < -0.39 is 11.8 Å². The average molecular weight is 386 g/mol. The van der Waals surface area contributed by atoms with Crippen molar-refractivity contribution >= 4 is 56.3 Å². The van der Waals surface area contributed by atoms with Gasteiger partial charge in [-0.05, 0) is 24.3 Å². The second-order valence-electron chi connectivity index (χ2n) is 4.32. The minimum Gasteiger partial charge on any atom is -0.346 e. The van der Waals surface area contributed by atoms with Gasteiger partial charge in [0.05, 0.1) is 5.75 Å². The number of nitrogens with zero attached hydrogens (tertiary/aromatic N) is 1. The maximum absolute atomic E-state index is 11.7. The number of carbonyl (C=O) groups is 4. The lowest BCUT2D eigenvalue weighted by molar-refractivity contribution is -0.136. The van der Waals surface area contributed by atoms with Crippen molar-refractivity contribution in [3.05, 3.63) is 28.7 Å². The summed E-state index contributed by atoms with van der Waals surface area (Å²) in [4.78, 5) is 47.0. The Bertz CT molecular complexity index is 604. The third-order valence-electron chi connectivity index (χ3n) is 2.77. The van der Waals surface area contributed by atoms with Gasteiger partial charge in [-0.2, -0.15) is 0 Å². The molecule has 0 atom stereocenters. The molecule has 1 heterocycles. The topological polar surface area (TPSA) is 95.6 Å². The lowest BCUT2D eigenvalue weighted by Crippen LogP contribution is -2.41. The van der Waals surface area contributed by atoms with Crippen molar-refractivity contribution in [2.45, 2.75) is 0 Å². The summed E-state index contributed by atoms with van der Waals surface area (Å²) in [5.74, 6) is -1.80. The number of amides is 4. The summed E-state index contributed by atoms with van der Waals surface area (Å²) in [6, 6.07) is 6.76. The van der Waals surface area contributed by atoms with Crippen LogP contribution in [0.1, 0.15) is 0 Å². The minimum atomic E-state index is -0.824. The molecule has 2 rings (SSSR count). The van der Waals surface area contributed by atoms with E-state index in [0.717, 1.165) is 21.1 Å². The molecule has 0 saturated carbocycles. The fraction of sp³-hybridized carbons (Fsp3) is 0.231. The highest BCUT2D eigenvalue weighted by Gasteiger charge is 2.29. The molecule has 1 aliphatic rings. The number of hydrogen-bond acceptors (Lipinski definition) is 5. The maximum atomic E-state index is 11.7. The first kappa shape index (κ1) is 16.5. The summed E-state index contributed by atoms with van der Waals surface area (Å²) in [6.45, 7) is 0.0899. The number of rotatable bonds is 4. The molecule has 4 amide bonds. The number of thioether (sulfide) groups is 1. The number of nitrogens with one attached hydrogen (secondary N) is 2. The zero-order valence-corrected chi connectivity index (χ0v) is 13.7. The molecule has 116 valence electrons. The molecule has 0 aromatic heterocycles. The molecule has 1 aliphatic heterocycles. The molecular weight excluding hydrogens is 374 g/mol. The summed E-state index contributed by atoms with van der Waals surface area (Å²) >= 11 is 4.19. The molecule has 0 spiro atoms. The Morgan fingerprint density at radius 2 is 1.86 bits per heavy atom. The first-order valence-electron chi connectivity index (χ1n) is 6.29. The van der Waals surface area contributed by atoms with Gasteiger partial charge in [-0.15, -0.1) is 0 Å². The monoisotopic (exact) mass is 385 g/mol. The number of hydrogen-bond donors (Lipinski definition) is 2. The van der Waals surface area contributed by atoms with Crippen molar-refractivity contribution in [1.82, 2.24) is 10.2 Å².